The smallest absolute Gasteiger partial charge is 0.224 e. The first kappa shape index (κ1) is 13.4. The van der Waals surface area contributed by atoms with Gasteiger partial charge < -0.3 is 11.1 Å². The maximum Gasteiger partial charge on any atom is 0.224 e. The third-order valence-electron chi connectivity index (χ3n) is 2.52. The first-order valence-corrected chi connectivity index (χ1v) is 5.59. The number of carbonyl (C=O) groups excluding carboxylic acids is 1. The van der Waals surface area contributed by atoms with Crippen LogP contribution in [0.5, 0.6) is 0 Å². The van der Waals surface area contributed by atoms with Gasteiger partial charge in [-0.1, -0.05) is 33.6 Å². The van der Waals surface area contributed by atoms with Crippen molar-refractivity contribution in [1.82, 2.24) is 5.32 Å². The van der Waals surface area contributed by atoms with E-state index in [0.717, 1.165) is 13.0 Å². The van der Waals surface area contributed by atoms with Gasteiger partial charge in [0.1, 0.15) is 0 Å². The predicted octanol–water partition coefficient (Wildman–Crippen LogP) is 1.52. The van der Waals surface area contributed by atoms with Crippen molar-refractivity contribution in [3.63, 3.8) is 0 Å². The Labute approximate surface area is 87.4 Å². The topological polar surface area (TPSA) is 55.1 Å². The summed E-state index contributed by atoms with van der Waals surface area (Å²) in [6.07, 6.45) is 3.52. The summed E-state index contributed by atoms with van der Waals surface area (Å²) in [5, 5.41) is 2.90. The minimum atomic E-state index is -0.0588. The normalized spacial score (nSPS) is 14.9. The maximum absolute atomic E-state index is 11.3. The highest BCUT2D eigenvalue weighted by atomic mass is 16.1. The monoisotopic (exact) mass is 200 g/mol. The van der Waals surface area contributed by atoms with Crippen LogP contribution in [0.4, 0.5) is 0 Å². The standard InChI is InChI=1S/C11H24N2O/c1-4-5-9(2)6-7-13-11(14)10(3)8-12/h9-10H,4-8,12H2,1-3H3,(H,13,14). The molecule has 1 amide bonds. The van der Waals surface area contributed by atoms with Gasteiger partial charge in [-0.05, 0) is 12.3 Å². The Kier molecular flexibility index (Phi) is 7.48. The van der Waals surface area contributed by atoms with Crippen LogP contribution in [0.15, 0.2) is 0 Å². The molecule has 84 valence electrons. The molecule has 0 heterocycles. The van der Waals surface area contributed by atoms with Gasteiger partial charge >= 0.3 is 0 Å². The second-order valence-electron chi connectivity index (χ2n) is 4.11. The van der Waals surface area contributed by atoms with Crippen molar-refractivity contribution in [1.29, 1.82) is 0 Å². The summed E-state index contributed by atoms with van der Waals surface area (Å²) in [4.78, 5) is 11.3. The van der Waals surface area contributed by atoms with Crippen molar-refractivity contribution in [2.75, 3.05) is 13.1 Å². The first-order chi connectivity index (χ1) is 6.61. The zero-order chi connectivity index (χ0) is 11.0. The fraction of sp³-hybridized carbons (Fsp3) is 0.909. The zero-order valence-corrected chi connectivity index (χ0v) is 9.68. The van der Waals surface area contributed by atoms with Crippen molar-refractivity contribution < 1.29 is 4.79 Å². The molecule has 2 atom stereocenters. The minimum Gasteiger partial charge on any atom is -0.356 e. The lowest BCUT2D eigenvalue weighted by atomic mass is 10.0. The molecule has 14 heavy (non-hydrogen) atoms. The highest BCUT2D eigenvalue weighted by Gasteiger charge is 2.09. The Bertz CT molecular complexity index is 159. The Hall–Kier alpha value is -0.570. The van der Waals surface area contributed by atoms with E-state index in [0.29, 0.717) is 12.5 Å². The van der Waals surface area contributed by atoms with Crippen LogP contribution in [0.2, 0.25) is 0 Å². The molecular formula is C11H24N2O. The molecule has 0 spiro atoms. The molecule has 0 aromatic heterocycles. The second kappa shape index (κ2) is 7.80. The average molecular weight is 200 g/mol. The van der Waals surface area contributed by atoms with Gasteiger partial charge in [0, 0.05) is 19.0 Å². The summed E-state index contributed by atoms with van der Waals surface area (Å²) >= 11 is 0. The quantitative estimate of drug-likeness (QED) is 0.654. The van der Waals surface area contributed by atoms with E-state index in [9.17, 15) is 4.79 Å². The van der Waals surface area contributed by atoms with E-state index in [1.807, 2.05) is 6.92 Å². The van der Waals surface area contributed by atoms with Crippen molar-refractivity contribution in [2.24, 2.45) is 17.6 Å². The molecule has 2 unspecified atom stereocenters. The summed E-state index contributed by atoms with van der Waals surface area (Å²) in [7, 11) is 0. The van der Waals surface area contributed by atoms with Crippen molar-refractivity contribution in [2.45, 2.75) is 40.0 Å². The number of rotatable bonds is 7. The van der Waals surface area contributed by atoms with Crippen LogP contribution < -0.4 is 11.1 Å². The summed E-state index contributed by atoms with van der Waals surface area (Å²) in [5.74, 6) is 0.723. The molecule has 0 saturated heterocycles. The Morgan fingerprint density at radius 3 is 2.50 bits per heavy atom. The van der Waals surface area contributed by atoms with Crippen LogP contribution >= 0.6 is 0 Å². The maximum atomic E-state index is 11.3. The Balaban J connectivity index is 3.48. The number of amides is 1. The fourth-order valence-electron chi connectivity index (χ4n) is 1.36. The lowest BCUT2D eigenvalue weighted by Gasteiger charge is -2.12. The molecular weight excluding hydrogens is 176 g/mol. The van der Waals surface area contributed by atoms with Gasteiger partial charge in [0.25, 0.3) is 0 Å². The van der Waals surface area contributed by atoms with Gasteiger partial charge in [-0.15, -0.1) is 0 Å². The molecule has 0 aromatic carbocycles. The second-order valence-corrected chi connectivity index (χ2v) is 4.11. The van der Waals surface area contributed by atoms with E-state index in [2.05, 4.69) is 19.2 Å². The molecule has 3 N–H and O–H groups in total. The van der Waals surface area contributed by atoms with E-state index in [4.69, 9.17) is 5.73 Å². The molecule has 3 nitrogen and oxygen atoms in total. The lowest BCUT2D eigenvalue weighted by Crippen LogP contribution is -2.34. The van der Waals surface area contributed by atoms with Gasteiger partial charge in [-0.2, -0.15) is 0 Å². The van der Waals surface area contributed by atoms with Crippen molar-refractivity contribution >= 4 is 5.91 Å². The molecule has 0 fully saturated rings. The van der Waals surface area contributed by atoms with Crippen LogP contribution in [0.25, 0.3) is 0 Å². The van der Waals surface area contributed by atoms with E-state index >= 15 is 0 Å². The average Bonchev–Trinajstić information content (AvgIpc) is 2.16. The zero-order valence-electron chi connectivity index (χ0n) is 9.68. The fourth-order valence-corrected chi connectivity index (χ4v) is 1.36. The molecule has 0 bridgehead atoms. The van der Waals surface area contributed by atoms with E-state index in [1.54, 1.807) is 0 Å². The highest BCUT2D eigenvalue weighted by Crippen LogP contribution is 2.08. The minimum absolute atomic E-state index is 0.0588. The van der Waals surface area contributed by atoms with Crippen LogP contribution in [0.3, 0.4) is 0 Å². The molecule has 3 heteroatoms. The molecule has 0 rings (SSSR count). The largest absolute Gasteiger partial charge is 0.356 e. The lowest BCUT2D eigenvalue weighted by molar-refractivity contribution is -0.124. The summed E-state index contributed by atoms with van der Waals surface area (Å²) in [6, 6.07) is 0. The third kappa shape index (κ3) is 5.97. The number of nitrogens with two attached hydrogens (primary N) is 1. The van der Waals surface area contributed by atoms with Gasteiger partial charge in [0.2, 0.25) is 5.91 Å². The van der Waals surface area contributed by atoms with Gasteiger partial charge in [0.05, 0.1) is 0 Å². The van der Waals surface area contributed by atoms with E-state index in [1.165, 1.54) is 12.8 Å². The molecule has 0 saturated carbocycles. The van der Waals surface area contributed by atoms with Crippen LogP contribution in [0, 0.1) is 11.8 Å². The van der Waals surface area contributed by atoms with Crippen molar-refractivity contribution in [3.8, 4) is 0 Å². The van der Waals surface area contributed by atoms with Gasteiger partial charge in [0.15, 0.2) is 0 Å². The molecule has 0 aliphatic rings. The highest BCUT2D eigenvalue weighted by molar-refractivity contribution is 5.78. The number of nitrogens with one attached hydrogen (secondary N) is 1. The van der Waals surface area contributed by atoms with Crippen LogP contribution in [-0.2, 0) is 4.79 Å². The van der Waals surface area contributed by atoms with Crippen molar-refractivity contribution in [3.05, 3.63) is 0 Å². The van der Waals surface area contributed by atoms with E-state index in [-0.39, 0.29) is 11.8 Å². The van der Waals surface area contributed by atoms with Gasteiger partial charge in [-0.3, -0.25) is 4.79 Å². The Morgan fingerprint density at radius 2 is 2.00 bits per heavy atom. The van der Waals surface area contributed by atoms with E-state index < -0.39 is 0 Å². The summed E-state index contributed by atoms with van der Waals surface area (Å²) in [6.45, 7) is 7.47. The third-order valence-corrected chi connectivity index (χ3v) is 2.52. The number of hydrogen-bond donors (Lipinski definition) is 2. The Morgan fingerprint density at radius 1 is 1.36 bits per heavy atom. The molecule has 0 radical (unpaired) electrons. The number of hydrogen-bond acceptors (Lipinski definition) is 2. The summed E-state index contributed by atoms with van der Waals surface area (Å²) in [5.41, 5.74) is 5.39. The molecule has 0 aliphatic carbocycles. The predicted molar refractivity (Wildman–Crippen MR) is 59.9 cm³/mol. The van der Waals surface area contributed by atoms with Crippen LogP contribution in [0.1, 0.15) is 40.0 Å². The SMILES string of the molecule is CCCC(C)CCNC(=O)C(C)CN. The number of carbonyl (C=O) groups is 1. The van der Waals surface area contributed by atoms with Crippen LogP contribution in [-0.4, -0.2) is 19.0 Å². The molecule has 0 aliphatic heterocycles. The van der Waals surface area contributed by atoms with Gasteiger partial charge in [-0.25, -0.2) is 0 Å². The molecule has 0 aromatic rings. The summed E-state index contributed by atoms with van der Waals surface area (Å²) < 4.78 is 0. The first-order valence-electron chi connectivity index (χ1n) is 5.59.